The highest BCUT2D eigenvalue weighted by Gasteiger charge is 2.30. The first kappa shape index (κ1) is 15.8. The second kappa shape index (κ2) is 5.84. The van der Waals surface area contributed by atoms with Crippen LogP contribution in [0.25, 0.3) is 21.9 Å². The predicted molar refractivity (Wildman–Crippen MR) is 82.4 cm³/mol. The number of alkyl halides is 3. The number of nitrogens with two attached hydrogens (primary N) is 1. The highest BCUT2D eigenvalue weighted by atomic mass is 19.4. The van der Waals surface area contributed by atoms with E-state index in [0.717, 1.165) is 10.8 Å². The van der Waals surface area contributed by atoms with E-state index in [-0.39, 0.29) is 5.75 Å². The van der Waals surface area contributed by atoms with Crippen LogP contribution in [0.15, 0.2) is 54.9 Å². The van der Waals surface area contributed by atoms with Crippen LogP contribution >= 0.6 is 0 Å². The molecule has 122 valence electrons. The molecule has 1 amide bonds. The van der Waals surface area contributed by atoms with Gasteiger partial charge in [0.05, 0.1) is 0 Å². The number of primary amides is 1. The second-order valence-corrected chi connectivity index (χ2v) is 5.06. The van der Waals surface area contributed by atoms with Gasteiger partial charge in [-0.05, 0) is 35.2 Å². The summed E-state index contributed by atoms with van der Waals surface area (Å²) in [6, 6.07) is 10.4. The van der Waals surface area contributed by atoms with Crippen molar-refractivity contribution in [3.63, 3.8) is 0 Å². The van der Waals surface area contributed by atoms with Crippen LogP contribution in [0.2, 0.25) is 0 Å². The van der Waals surface area contributed by atoms with E-state index in [1.807, 2.05) is 0 Å². The molecule has 0 aliphatic carbocycles. The minimum atomic E-state index is -4.74. The summed E-state index contributed by atoms with van der Waals surface area (Å²) >= 11 is 0. The summed E-state index contributed by atoms with van der Waals surface area (Å²) in [5.74, 6) is -0.870. The van der Waals surface area contributed by atoms with Gasteiger partial charge < -0.3 is 10.5 Å². The van der Waals surface area contributed by atoms with Gasteiger partial charge in [-0.1, -0.05) is 18.2 Å². The van der Waals surface area contributed by atoms with Crippen molar-refractivity contribution in [2.75, 3.05) is 0 Å². The highest BCUT2D eigenvalue weighted by molar-refractivity contribution is 6.02. The number of amides is 1. The lowest BCUT2D eigenvalue weighted by Gasteiger charge is -2.10. The number of nitrogens with zero attached hydrogens (tertiary/aromatic N) is 1. The molecule has 2 aromatic carbocycles. The zero-order chi connectivity index (χ0) is 17.3. The molecule has 0 fully saturated rings. The highest BCUT2D eigenvalue weighted by Crippen LogP contribution is 2.31. The van der Waals surface area contributed by atoms with E-state index >= 15 is 0 Å². The molecule has 0 aliphatic heterocycles. The second-order valence-electron chi connectivity index (χ2n) is 5.06. The Morgan fingerprint density at radius 2 is 1.75 bits per heavy atom. The number of hydrogen-bond acceptors (Lipinski definition) is 3. The summed E-state index contributed by atoms with van der Waals surface area (Å²) in [4.78, 5) is 15.5. The Morgan fingerprint density at radius 3 is 2.38 bits per heavy atom. The summed E-state index contributed by atoms with van der Waals surface area (Å²) in [5, 5.41) is 1.51. The average Bonchev–Trinajstić information content (AvgIpc) is 2.53. The normalized spacial score (nSPS) is 11.5. The van der Waals surface area contributed by atoms with Gasteiger partial charge >= 0.3 is 6.36 Å². The van der Waals surface area contributed by atoms with E-state index in [0.29, 0.717) is 16.7 Å². The molecule has 3 rings (SSSR count). The fraction of sp³-hybridized carbons (Fsp3) is 0.0588. The molecule has 0 saturated heterocycles. The Balaban J connectivity index is 2.05. The van der Waals surface area contributed by atoms with Crippen LogP contribution in [0.4, 0.5) is 13.2 Å². The first-order valence-corrected chi connectivity index (χ1v) is 6.87. The lowest BCUT2D eigenvalue weighted by Crippen LogP contribution is -2.16. The number of pyridine rings is 1. The van der Waals surface area contributed by atoms with Crippen molar-refractivity contribution in [1.29, 1.82) is 0 Å². The molecule has 24 heavy (non-hydrogen) atoms. The van der Waals surface area contributed by atoms with Crippen molar-refractivity contribution >= 4 is 16.7 Å². The maximum Gasteiger partial charge on any atom is 0.573 e. The van der Waals surface area contributed by atoms with Crippen LogP contribution < -0.4 is 10.5 Å². The van der Waals surface area contributed by atoms with Crippen molar-refractivity contribution in [3.05, 3.63) is 60.4 Å². The van der Waals surface area contributed by atoms with E-state index in [1.165, 1.54) is 24.3 Å². The zero-order valence-corrected chi connectivity index (χ0v) is 12.2. The van der Waals surface area contributed by atoms with Gasteiger partial charge in [0.2, 0.25) is 5.91 Å². The largest absolute Gasteiger partial charge is 0.573 e. The number of carbonyl (C=O) groups is 1. The molecule has 3 aromatic rings. The first-order valence-electron chi connectivity index (χ1n) is 6.87. The quantitative estimate of drug-likeness (QED) is 0.791. The van der Waals surface area contributed by atoms with Gasteiger partial charge in [-0.25, -0.2) is 0 Å². The minimum Gasteiger partial charge on any atom is -0.406 e. The van der Waals surface area contributed by atoms with Crippen molar-refractivity contribution in [2.24, 2.45) is 5.73 Å². The van der Waals surface area contributed by atoms with Crippen LogP contribution in [0.5, 0.6) is 5.75 Å². The number of hydrogen-bond donors (Lipinski definition) is 1. The Bertz CT molecular complexity index is 906. The van der Waals surface area contributed by atoms with Gasteiger partial charge in [-0.2, -0.15) is 0 Å². The lowest BCUT2D eigenvalue weighted by atomic mass is 9.99. The third-order valence-corrected chi connectivity index (χ3v) is 3.44. The van der Waals surface area contributed by atoms with Crippen molar-refractivity contribution < 1.29 is 22.7 Å². The molecule has 1 heterocycles. The molecule has 0 spiro atoms. The first-order chi connectivity index (χ1) is 11.3. The number of aromatic nitrogens is 1. The SMILES string of the molecule is NC(=O)c1ccc2cncc(-c3ccc(OC(F)(F)F)cc3)c2c1. The minimum absolute atomic E-state index is 0.308. The molecule has 0 bridgehead atoms. The molecule has 0 aliphatic rings. The molecular weight excluding hydrogens is 321 g/mol. The van der Waals surface area contributed by atoms with Crippen LogP contribution in [-0.4, -0.2) is 17.3 Å². The van der Waals surface area contributed by atoms with Crippen molar-refractivity contribution in [3.8, 4) is 16.9 Å². The van der Waals surface area contributed by atoms with E-state index in [1.54, 1.807) is 30.6 Å². The molecule has 0 unspecified atom stereocenters. The fourth-order valence-corrected chi connectivity index (χ4v) is 2.38. The van der Waals surface area contributed by atoms with Crippen LogP contribution in [0.3, 0.4) is 0 Å². The van der Waals surface area contributed by atoms with E-state index < -0.39 is 12.3 Å². The maximum absolute atomic E-state index is 12.2. The Hall–Kier alpha value is -3.09. The Morgan fingerprint density at radius 1 is 1.04 bits per heavy atom. The number of halogens is 3. The summed E-state index contributed by atoms with van der Waals surface area (Å²) in [5.41, 5.74) is 6.95. The van der Waals surface area contributed by atoms with Gasteiger partial charge in [0.15, 0.2) is 0 Å². The Kier molecular flexibility index (Phi) is 3.84. The number of benzene rings is 2. The van der Waals surface area contributed by atoms with E-state index in [4.69, 9.17) is 5.73 Å². The van der Waals surface area contributed by atoms with Gasteiger partial charge in [0.25, 0.3) is 0 Å². The summed E-state index contributed by atoms with van der Waals surface area (Å²) in [6.07, 6.45) is -1.53. The number of ether oxygens (including phenoxy) is 1. The van der Waals surface area contributed by atoms with Gasteiger partial charge in [-0.3, -0.25) is 9.78 Å². The maximum atomic E-state index is 12.2. The number of fused-ring (bicyclic) bond motifs is 1. The van der Waals surface area contributed by atoms with E-state index in [2.05, 4.69) is 9.72 Å². The zero-order valence-electron chi connectivity index (χ0n) is 12.2. The molecule has 4 nitrogen and oxygen atoms in total. The molecule has 1 aromatic heterocycles. The van der Waals surface area contributed by atoms with Gasteiger partial charge in [0, 0.05) is 28.9 Å². The molecule has 0 saturated carbocycles. The number of carbonyl (C=O) groups excluding carboxylic acids is 1. The summed E-state index contributed by atoms with van der Waals surface area (Å²) in [7, 11) is 0. The standard InChI is InChI=1S/C17H11F3N2O2/c18-17(19,20)24-13-5-3-10(4-6-13)15-9-22-8-12-2-1-11(16(21)23)7-14(12)15/h1-9H,(H2,21,23). The van der Waals surface area contributed by atoms with Crippen LogP contribution in [-0.2, 0) is 0 Å². The molecular formula is C17H11F3N2O2. The summed E-state index contributed by atoms with van der Waals surface area (Å²) in [6.45, 7) is 0. The molecule has 7 heteroatoms. The monoisotopic (exact) mass is 332 g/mol. The smallest absolute Gasteiger partial charge is 0.406 e. The Labute approximate surface area is 134 Å². The van der Waals surface area contributed by atoms with Gasteiger partial charge in [0.1, 0.15) is 5.75 Å². The molecule has 0 atom stereocenters. The van der Waals surface area contributed by atoms with Gasteiger partial charge in [-0.15, -0.1) is 13.2 Å². The van der Waals surface area contributed by atoms with E-state index in [9.17, 15) is 18.0 Å². The third kappa shape index (κ3) is 3.29. The molecule has 0 radical (unpaired) electrons. The van der Waals surface area contributed by atoms with Crippen LogP contribution in [0, 0.1) is 0 Å². The lowest BCUT2D eigenvalue weighted by molar-refractivity contribution is -0.274. The molecule has 2 N–H and O–H groups in total. The van der Waals surface area contributed by atoms with Crippen molar-refractivity contribution in [1.82, 2.24) is 4.98 Å². The third-order valence-electron chi connectivity index (χ3n) is 3.44. The predicted octanol–water partition coefficient (Wildman–Crippen LogP) is 3.90. The average molecular weight is 332 g/mol. The number of rotatable bonds is 3. The fourth-order valence-electron chi connectivity index (χ4n) is 2.38. The van der Waals surface area contributed by atoms with Crippen LogP contribution in [0.1, 0.15) is 10.4 Å². The summed E-state index contributed by atoms with van der Waals surface area (Å²) < 4.78 is 40.5. The van der Waals surface area contributed by atoms with Crippen molar-refractivity contribution in [2.45, 2.75) is 6.36 Å². The topological polar surface area (TPSA) is 65.2 Å².